The number of hydrogen-bond donors (Lipinski definition) is 2. The van der Waals surface area contributed by atoms with E-state index in [-0.39, 0.29) is 10.9 Å². The first-order chi connectivity index (χ1) is 6.13. The maximum Gasteiger partial charge on any atom is 0.320 e. The monoisotopic (exact) mass is 203 g/mol. The zero-order chi connectivity index (χ0) is 9.90. The Hall–Kier alpha value is -0.220. The van der Waals surface area contributed by atoms with E-state index < -0.39 is 5.97 Å². The van der Waals surface area contributed by atoms with Crippen molar-refractivity contribution in [2.45, 2.75) is 44.0 Å². The van der Waals surface area contributed by atoms with Crippen LogP contribution in [0.3, 0.4) is 0 Å². The van der Waals surface area contributed by atoms with Gasteiger partial charge in [0, 0.05) is 0 Å². The van der Waals surface area contributed by atoms with E-state index >= 15 is 0 Å². The van der Waals surface area contributed by atoms with Gasteiger partial charge in [-0.25, -0.2) is 0 Å². The molecule has 1 aliphatic rings. The Morgan fingerprint density at radius 1 is 1.62 bits per heavy atom. The predicted molar refractivity (Wildman–Crippen MR) is 54.9 cm³/mol. The van der Waals surface area contributed by atoms with Gasteiger partial charge in [0.2, 0.25) is 0 Å². The van der Waals surface area contributed by atoms with E-state index in [0.717, 1.165) is 25.0 Å². The molecule has 1 rings (SSSR count). The summed E-state index contributed by atoms with van der Waals surface area (Å²) in [6.07, 6.45) is 2.71. The highest BCUT2D eigenvalue weighted by atomic mass is 32.2. The van der Waals surface area contributed by atoms with Gasteiger partial charge < -0.3 is 5.11 Å². The quantitative estimate of drug-likeness (QED) is 0.732. The number of carbonyl (C=O) groups is 1. The SMILES string of the molecule is CCC1(CC)NC(C(=O)O)CCS1. The molecule has 2 N–H and O–H groups in total. The van der Waals surface area contributed by atoms with Crippen molar-refractivity contribution in [2.24, 2.45) is 0 Å². The molecule has 0 aromatic rings. The van der Waals surface area contributed by atoms with E-state index in [1.807, 2.05) is 11.8 Å². The molecular formula is C9H17NO2S. The molecule has 1 unspecified atom stereocenters. The highest BCUT2D eigenvalue weighted by Gasteiger charge is 2.35. The molecule has 3 nitrogen and oxygen atoms in total. The third kappa shape index (κ3) is 2.38. The summed E-state index contributed by atoms with van der Waals surface area (Å²) in [7, 11) is 0. The number of thioether (sulfide) groups is 1. The van der Waals surface area contributed by atoms with Gasteiger partial charge in [-0.15, -0.1) is 11.8 Å². The van der Waals surface area contributed by atoms with Gasteiger partial charge in [-0.05, 0) is 25.0 Å². The fourth-order valence-corrected chi connectivity index (χ4v) is 3.03. The average Bonchev–Trinajstić information content (AvgIpc) is 2.18. The first-order valence-corrected chi connectivity index (χ1v) is 5.76. The highest BCUT2D eigenvalue weighted by molar-refractivity contribution is 8.00. The average molecular weight is 203 g/mol. The summed E-state index contributed by atoms with van der Waals surface area (Å²) in [5, 5.41) is 12.1. The zero-order valence-corrected chi connectivity index (χ0v) is 8.99. The normalized spacial score (nSPS) is 27.1. The number of nitrogens with one attached hydrogen (secondary N) is 1. The number of carboxylic acids is 1. The summed E-state index contributed by atoms with van der Waals surface area (Å²) in [5.74, 6) is 0.234. The second kappa shape index (κ2) is 4.33. The van der Waals surface area contributed by atoms with Gasteiger partial charge in [-0.3, -0.25) is 10.1 Å². The number of aliphatic carboxylic acids is 1. The fraction of sp³-hybridized carbons (Fsp3) is 0.889. The van der Waals surface area contributed by atoms with Crippen LogP contribution < -0.4 is 5.32 Å². The number of rotatable bonds is 3. The van der Waals surface area contributed by atoms with Crippen molar-refractivity contribution >= 4 is 17.7 Å². The van der Waals surface area contributed by atoms with E-state index in [4.69, 9.17) is 5.11 Å². The van der Waals surface area contributed by atoms with Crippen molar-refractivity contribution in [1.29, 1.82) is 0 Å². The molecule has 0 aliphatic carbocycles. The maximum absolute atomic E-state index is 10.8. The van der Waals surface area contributed by atoms with Crippen LogP contribution in [-0.4, -0.2) is 27.7 Å². The van der Waals surface area contributed by atoms with Gasteiger partial charge in [-0.2, -0.15) is 0 Å². The Morgan fingerprint density at radius 3 is 2.69 bits per heavy atom. The van der Waals surface area contributed by atoms with Gasteiger partial charge in [0.05, 0.1) is 4.87 Å². The minimum atomic E-state index is -0.716. The van der Waals surface area contributed by atoms with Crippen LogP contribution in [0.25, 0.3) is 0 Å². The Balaban J connectivity index is 2.63. The van der Waals surface area contributed by atoms with Crippen LogP contribution in [0, 0.1) is 0 Å². The summed E-state index contributed by atoms with van der Waals surface area (Å²) in [6, 6.07) is -0.346. The summed E-state index contributed by atoms with van der Waals surface area (Å²) < 4.78 is 0. The third-order valence-electron chi connectivity index (χ3n) is 2.66. The van der Waals surface area contributed by atoms with Crippen LogP contribution in [0.5, 0.6) is 0 Å². The van der Waals surface area contributed by atoms with Crippen LogP contribution in [0.1, 0.15) is 33.1 Å². The molecule has 0 spiro atoms. The van der Waals surface area contributed by atoms with E-state index in [0.29, 0.717) is 0 Å². The Kier molecular flexibility index (Phi) is 3.62. The second-order valence-electron chi connectivity index (χ2n) is 3.37. The molecule has 4 heteroatoms. The lowest BCUT2D eigenvalue weighted by Crippen LogP contribution is -2.54. The number of hydrogen-bond acceptors (Lipinski definition) is 3. The van der Waals surface area contributed by atoms with E-state index in [1.165, 1.54) is 0 Å². The van der Waals surface area contributed by atoms with Crippen LogP contribution in [-0.2, 0) is 4.79 Å². The second-order valence-corrected chi connectivity index (χ2v) is 4.85. The highest BCUT2D eigenvalue weighted by Crippen LogP contribution is 2.34. The lowest BCUT2D eigenvalue weighted by molar-refractivity contribution is -0.140. The molecule has 1 heterocycles. The van der Waals surface area contributed by atoms with Crippen molar-refractivity contribution in [2.75, 3.05) is 5.75 Å². The van der Waals surface area contributed by atoms with Crippen LogP contribution in [0.15, 0.2) is 0 Å². The number of carboxylic acid groups (broad SMARTS) is 1. The van der Waals surface area contributed by atoms with Crippen molar-refractivity contribution < 1.29 is 9.90 Å². The van der Waals surface area contributed by atoms with Crippen LogP contribution in [0.4, 0.5) is 0 Å². The smallest absolute Gasteiger partial charge is 0.320 e. The molecule has 1 atom stereocenters. The maximum atomic E-state index is 10.8. The Morgan fingerprint density at radius 2 is 2.23 bits per heavy atom. The summed E-state index contributed by atoms with van der Waals surface area (Å²) >= 11 is 1.86. The molecule has 0 radical (unpaired) electrons. The van der Waals surface area contributed by atoms with Gasteiger partial charge in [0.25, 0.3) is 0 Å². The van der Waals surface area contributed by atoms with E-state index in [2.05, 4.69) is 19.2 Å². The third-order valence-corrected chi connectivity index (χ3v) is 4.35. The molecule has 0 bridgehead atoms. The Labute approximate surface area is 83.3 Å². The van der Waals surface area contributed by atoms with Crippen molar-refractivity contribution in [3.8, 4) is 0 Å². The molecule has 0 aromatic heterocycles. The first kappa shape index (κ1) is 10.9. The molecule has 0 aromatic carbocycles. The molecule has 1 saturated heterocycles. The van der Waals surface area contributed by atoms with Crippen LogP contribution >= 0.6 is 11.8 Å². The minimum absolute atomic E-state index is 0.00130. The van der Waals surface area contributed by atoms with Crippen LogP contribution in [0.2, 0.25) is 0 Å². The summed E-state index contributed by atoms with van der Waals surface area (Å²) in [4.78, 5) is 10.8. The summed E-state index contributed by atoms with van der Waals surface area (Å²) in [5.41, 5.74) is 0. The molecule has 1 aliphatic heterocycles. The molecule has 0 amide bonds. The molecule has 76 valence electrons. The van der Waals surface area contributed by atoms with E-state index in [1.54, 1.807) is 0 Å². The van der Waals surface area contributed by atoms with Crippen molar-refractivity contribution in [3.63, 3.8) is 0 Å². The standard InChI is InChI=1S/C9H17NO2S/c1-3-9(4-2)10-7(8(11)12)5-6-13-9/h7,10H,3-6H2,1-2H3,(H,11,12). The van der Waals surface area contributed by atoms with Crippen molar-refractivity contribution in [3.05, 3.63) is 0 Å². The molecule has 0 saturated carbocycles. The Bertz CT molecular complexity index is 192. The van der Waals surface area contributed by atoms with E-state index in [9.17, 15) is 4.79 Å². The molecule has 13 heavy (non-hydrogen) atoms. The van der Waals surface area contributed by atoms with Crippen molar-refractivity contribution in [1.82, 2.24) is 5.32 Å². The van der Waals surface area contributed by atoms with Gasteiger partial charge >= 0.3 is 5.97 Å². The lowest BCUT2D eigenvalue weighted by atomic mass is 10.1. The zero-order valence-electron chi connectivity index (χ0n) is 8.17. The minimum Gasteiger partial charge on any atom is -0.480 e. The van der Waals surface area contributed by atoms with Gasteiger partial charge in [-0.1, -0.05) is 13.8 Å². The predicted octanol–water partition coefficient (Wildman–Crippen LogP) is 1.68. The van der Waals surface area contributed by atoms with Gasteiger partial charge in [0.15, 0.2) is 0 Å². The fourth-order valence-electron chi connectivity index (χ4n) is 1.65. The largest absolute Gasteiger partial charge is 0.480 e. The topological polar surface area (TPSA) is 49.3 Å². The molecule has 1 fully saturated rings. The van der Waals surface area contributed by atoms with Gasteiger partial charge in [0.1, 0.15) is 6.04 Å². The first-order valence-electron chi connectivity index (χ1n) is 4.78. The summed E-state index contributed by atoms with van der Waals surface area (Å²) in [6.45, 7) is 4.21. The molecular weight excluding hydrogens is 186 g/mol. The lowest BCUT2D eigenvalue weighted by Gasteiger charge is -2.39.